The maximum Gasteiger partial charge on any atom is 0.257 e. The number of amides is 3. The first-order chi connectivity index (χ1) is 16.6. The van der Waals surface area contributed by atoms with Crippen LogP contribution >= 0.6 is 11.8 Å². The Hall–Kier alpha value is -3.13. The second-order valence-corrected chi connectivity index (χ2v) is 10.4. The zero-order chi connectivity index (χ0) is 25.8. The number of rotatable bonds is 12. The summed E-state index contributed by atoms with van der Waals surface area (Å²) in [4.78, 5) is 50.0. The Labute approximate surface area is 211 Å². The van der Waals surface area contributed by atoms with Crippen molar-refractivity contribution in [3.8, 4) is 0 Å². The van der Waals surface area contributed by atoms with Gasteiger partial charge in [0.2, 0.25) is 11.8 Å². The standard InChI is InChI=1S/C27H35N3O4S/c1-19(2)18-27(35-20(3)31,30-24(32)16-15-21-11-7-5-8-12-21)26(34)29-23(25(33)28-4)17-22-13-9-6-10-14-22/h5-14,19,23H,15-18H2,1-4H3,(H,28,33)(H,29,34)(H,30,32)/t23-,27+/m0/s1. The second kappa shape index (κ2) is 13.7. The van der Waals surface area contributed by atoms with Gasteiger partial charge in [0.05, 0.1) is 0 Å². The molecule has 3 amide bonds. The van der Waals surface area contributed by atoms with Crippen LogP contribution in [0, 0.1) is 5.92 Å². The third-order valence-electron chi connectivity index (χ3n) is 5.36. The second-order valence-electron chi connectivity index (χ2n) is 8.88. The maximum absolute atomic E-state index is 13.7. The Bertz CT molecular complexity index is 998. The van der Waals surface area contributed by atoms with E-state index in [-0.39, 0.29) is 42.1 Å². The summed E-state index contributed by atoms with van der Waals surface area (Å²) in [6.07, 6.45) is 1.17. The van der Waals surface area contributed by atoms with Crippen LogP contribution in [0.25, 0.3) is 0 Å². The molecule has 0 aliphatic rings. The predicted octanol–water partition coefficient (Wildman–Crippen LogP) is 3.23. The van der Waals surface area contributed by atoms with Gasteiger partial charge in [0.1, 0.15) is 6.04 Å². The monoisotopic (exact) mass is 497 g/mol. The van der Waals surface area contributed by atoms with Crippen molar-refractivity contribution in [3.63, 3.8) is 0 Å². The van der Waals surface area contributed by atoms with Gasteiger partial charge in [-0.05, 0) is 29.9 Å². The maximum atomic E-state index is 13.7. The molecular weight excluding hydrogens is 462 g/mol. The topological polar surface area (TPSA) is 104 Å². The van der Waals surface area contributed by atoms with Crippen LogP contribution in [0.3, 0.4) is 0 Å². The summed E-state index contributed by atoms with van der Waals surface area (Å²) in [5.41, 5.74) is 1.88. The first-order valence-corrected chi connectivity index (χ1v) is 12.6. The highest BCUT2D eigenvalue weighted by molar-refractivity contribution is 8.15. The fourth-order valence-corrected chi connectivity index (χ4v) is 5.06. The average molecular weight is 498 g/mol. The normalized spacial score (nSPS) is 13.4. The first-order valence-electron chi connectivity index (χ1n) is 11.8. The van der Waals surface area contributed by atoms with Crippen LogP contribution in [0.5, 0.6) is 0 Å². The van der Waals surface area contributed by atoms with Gasteiger partial charge in [-0.1, -0.05) is 86.3 Å². The Morgan fingerprint density at radius 2 is 1.49 bits per heavy atom. The van der Waals surface area contributed by atoms with Gasteiger partial charge in [0, 0.05) is 26.8 Å². The molecule has 0 fully saturated rings. The zero-order valence-electron chi connectivity index (χ0n) is 20.8. The summed E-state index contributed by atoms with van der Waals surface area (Å²) in [5, 5.41) is 7.94. The van der Waals surface area contributed by atoms with Crippen LogP contribution in [0.15, 0.2) is 60.7 Å². The number of carbonyl (C=O) groups is 4. The van der Waals surface area contributed by atoms with Crippen molar-refractivity contribution in [2.24, 2.45) is 5.92 Å². The smallest absolute Gasteiger partial charge is 0.257 e. The van der Waals surface area contributed by atoms with E-state index in [1.807, 2.05) is 74.5 Å². The molecular formula is C27H35N3O4S. The molecule has 2 atom stereocenters. The lowest BCUT2D eigenvalue weighted by Crippen LogP contribution is -2.61. The van der Waals surface area contributed by atoms with Crippen LogP contribution in [-0.2, 0) is 32.0 Å². The Balaban J connectivity index is 2.28. The Morgan fingerprint density at radius 3 is 2.00 bits per heavy atom. The average Bonchev–Trinajstić information content (AvgIpc) is 2.82. The molecule has 0 aliphatic carbocycles. The van der Waals surface area contributed by atoms with Crippen molar-refractivity contribution in [2.45, 2.75) is 57.4 Å². The summed E-state index contributed by atoms with van der Waals surface area (Å²) in [7, 11) is 1.50. The van der Waals surface area contributed by atoms with E-state index >= 15 is 0 Å². The van der Waals surface area contributed by atoms with Crippen molar-refractivity contribution in [1.82, 2.24) is 16.0 Å². The number of carbonyl (C=O) groups excluding carboxylic acids is 4. The van der Waals surface area contributed by atoms with Gasteiger partial charge in [0.15, 0.2) is 9.99 Å². The zero-order valence-corrected chi connectivity index (χ0v) is 21.6. The van der Waals surface area contributed by atoms with Gasteiger partial charge in [0.25, 0.3) is 5.91 Å². The SMILES string of the molecule is CNC(=O)[C@H](Cc1ccccc1)NC(=O)[C@](CC(C)C)(NC(=O)CCc1ccccc1)SC(C)=O. The van der Waals surface area contributed by atoms with Gasteiger partial charge in [-0.15, -0.1) is 0 Å². The molecule has 0 aromatic heterocycles. The fourth-order valence-electron chi connectivity index (χ4n) is 3.83. The lowest BCUT2D eigenvalue weighted by Gasteiger charge is -2.34. The molecule has 0 bridgehead atoms. The van der Waals surface area contributed by atoms with Crippen molar-refractivity contribution in [2.75, 3.05) is 7.05 Å². The summed E-state index contributed by atoms with van der Waals surface area (Å²) in [6, 6.07) is 18.1. The highest BCUT2D eigenvalue weighted by Gasteiger charge is 2.44. The molecule has 0 saturated carbocycles. The van der Waals surface area contributed by atoms with Gasteiger partial charge in [-0.3, -0.25) is 19.2 Å². The first kappa shape index (κ1) is 28.1. The molecule has 0 spiro atoms. The number of hydrogen-bond donors (Lipinski definition) is 3. The molecule has 0 aliphatic heterocycles. The molecule has 3 N–H and O–H groups in total. The molecule has 7 nitrogen and oxygen atoms in total. The van der Waals surface area contributed by atoms with Crippen molar-refractivity contribution in [3.05, 3.63) is 71.8 Å². The van der Waals surface area contributed by atoms with Crippen LogP contribution in [0.2, 0.25) is 0 Å². The molecule has 35 heavy (non-hydrogen) atoms. The molecule has 8 heteroatoms. The van der Waals surface area contributed by atoms with Gasteiger partial charge < -0.3 is 16.0 Å². The lowest BCUT2D eigenvalue weighted by atomic mass is 10.00. The van der Waals surface area contributed by atoms with E-state index in [9.17, 15) is 19.2 Å². The molecule has 188 valence electrons. The number of thioether (sulfide) groups is 1. The quantitative estimate of drug-likeness (QED) is 0.391. The number of aryl methyl sites for hydroxylation is 1. The summed E-state index contributed by atoms with van der Waals surface area (Å²) in [6.45, 7) is 5.20. The summed E-state index contributed by atoms with van der Waals surface area (Å²) in [5.74, 6) is -1.26. The largest absolute Gasteiger partial charge is 0.357 e. The molecule has 0 saturated heterocycles. The van der Waals surface area contributed by atoms with Crippen LogP contribution < -0.4 is 16.0 Å². The minimum Gasteiger partial charge on any atom is -0.357 e. The minimum absolute atomic E-state index is 0.00500. The van der Waals surface area contributed by atoms with E-state index in [0.717, 1.165) is 22.9 Å². The predicted molar refractivity (Wildman–Crippen MR) is 140 cm³/mol. The number of hydrogen-bond acceptors (Lipinski definition) is 5. The highest BCUT2D eigenvalue weighted by Crippen LogP contribution is 2.31. The number of nitrogens with one attached hydrogen (secondary N) is 3. The molecule has 0 heterocycles. The third-order valence-corrected chi connectivity index (χ3v) is 6.45. The lowest BCUT2D eigenvalue weighted by molar-refractivity contribution is -0.133. The van der Waals surface area contributed by atoms with Crippen molar-refractivity contribution in [1.29, 1.82) is 0 Å². The van der Waals surface area contributed by atoms with Gasteiger partial charge in [-0.25, -0.2) is 0 Å². The van der Waals surface area contributed by atoms with Crippen molar-refractivity contribution >= 4 is 34.6 Å². The number of benzene rings is 2. The van der Waals surface area contributed by atoms with Gasteiger partial charge >= 0.3 is 0 Å². The van der Waals surface area contributed by atoms with Crippen LogP contribution in [0.1, 0.15) is 44.7 Å². The number of likely N-dealkylation sites (N-methyl/N-ethyl adjacent to an activating group) is 1. The molecule has 0 unspecified atom stereocenters. The van der Waals surface area contributed by atoms with E-state index in [2.05, 4.69) is 16.0 Å². The van der Waals surface area contributed by atoms with Crippen LogP contribution in [0.4, 0.5) is 0 Å². The Morgan fingerprint density at radius 1 is 0.914 bits per heavy atom. The van der Waals surface area contributed by atoms with E-state index in [0.29, 0.717) is 6.42 Å². The molecule has 2 aromatic rings. The molecule has 0 radical (unpaired) electrons. The summed E-state index contributed by atoms with van der Waals surface area (Å²) >= 11 is 0.786. The van der Waals surface area contributed by atoms with Gasteiger partial charge in [-0.2, -0.15) is 0 Å². The molecule has 2 aromatic carbocycles. The Kier molecular flexibility index (Phi) is 11.0. The molecule has 2 rings (SSSR count). The van der Waals surface area contributed by atoms with E-state index in [4.69, 9.17) is 0 Å². The summed E-state index contributed by atoms with van der Waals surface area (Å²) < 4.78 is 0. The van der Waals surface area contributed by atoms with Crippen molar-refractivity contribution < 1.29 is 19.2 Å². The van der Waals surface area contributed by atoms with E-state index in [1.54, 1.807) is 0 Å². The van der Waals surface area contributed by atoms with E-state index in [1.165, 1.54) is 14.0 Å². The van der Waals surface area contributed by atoms with Crippen LogP contribution in [-0.4, -0.2) is 40.8 Å². The van der Waals surface area contributed by atoms with E-state index < -0.39 is 16.8 Å². The minimum atomic E-state index is -1.53. The third kappa shape index (κ3) is 9.20. The fraction of sp³-hybridized carbons (Fsp3) is 0.407. The highest BCUT2D eigenvalue weighted by atomic mass is 32.2.